The second-order valence-corrected chi connectivity index (χ2v) is 8.89. The van der Waals surface area contributed by atoms with Crippen LogP contribution in [0.25, 0.3) is 0 Å². The summed E-state index contributed by atoms with van der Waals surface area (Å²) in [5.41, 5.74) is 2.04. The highest BCUT2D eigenvalue weighted by atomic mass is 32.2. The second-order valence-electron chi connectivity index (χ2n) is 7.12. The number of carbonyl (C=O) groups is 2. The van der Waals surface area contributed by atoms with Gasteiger partial charge in [0.25, 0.3) is 0 Å². The first-order valence-electron chi connectivity index (χ1n) is 10.2. The van der Waals surface area contributed by atoms with Gasteiger partial charge in [-0.15, -0.1) is 0 Å². The summed E-state index contributed by atoms with van der Waals surface area (Å²) >= 11 is 0. The SMILES string of the molecule is CCN(CC)c1ccc(CNS(=O)(=O)c2ccc(OC)c(N3C(=O)CCC3=O)c2)cc1. The molecule has 0 radical (unpaired) electrons. The van der Waals surface area contributed by atoms with E-state index < -0.39 is 10.0 Å². The Morgan fingerprint density at radius 1 is 1.00 bits per heavy atom. The first kappa shape index (κ1) is 22.8. The Labute approximate surface area is 182 Å². The molecular weight excluding hydrogens is 418 g/mol. The summed E-state index contributed by atoms with van der Waals surface area (Å²) in [6, 6.07) is 11.8. The lowest BCUT2D eigenvalue weighted by Crippen LogP contribution is -2.29. The largest absolute Gasteiger partial charge is 0.495 e. The van der Waals surface area contributed by atoms with Gasteiger partial charge >= 0.3 is 0 Å². The number of hydrogen-bond acceptors (Lipinski definition) is 6. The van der Waals surface area contributed by atoms with Crippen LogP contribution in [0.1, 0.15) is 32.3 Å². The van der Waals surface area contributed by atoms with Crippen LogP contribution in [0, 0.1) is 0 Å². The molecule has 2 aromatic rings. The zero-order valence-electron chi connectivity index (χ0n) is 17.9. The van der Waals surface area contributed by atoms with Crippen LogP contribution in [0.4, 0.5) is 11.4 Å². The van der Waals surface area contributed by atoms with Gasteiger partial charge in [0, 0.05) is 38.2 Å². The van der Waals surface area contributed by atoms with Crippen molar-refractivity contribution < 1.29 is 22.7 Å². The molecule has 0 atom stereocenters. The third-order valence-electron chi connectivity index (χ3n) is 5.28. The number of rotatable bonds is 9. The van der Waals surface area contributed by atoms with E-state index in [2.05, 4.69) is 23.5 Å². The fourth-order valence-electron chi connectivity index (χ4n) is 3.53. The maximum absolute atomic E-state index is 12.9. The third-order valence-corrected chi connectivity index (χ3v) is 6.68. The van der Waals surface area contributed by atoms with Gasteiger partial charge in [0.05, 0.1) is 17.7 Å². The average molecular weight is 446 g/mol. The van der Waals surface area contributed by atoms with Crippen molar-refractivity contribution in [3.63, 3.8) is 0 Å². The number of sulfonamides is 1. The minimum atomic E-state index is -3.87. The van der Waals surface area contributed by atoms with E-state index >= 15 is 0 Å². The van der Waals surface area contributed by atoms with Gasteiger partial charge in [0.2, 0.25) is 21.8 Å². The van der Waals surface area contributed by atoms with E-state index in [0.29, 0.717) is 0 Å². The van der Waals surface area contributed by atoms with Crippen molar-refractivity contribution in [3.8, 4) is 5.75 Å². The fraction of sp³-hybridized carbons (Fsp3) is 0.364. The highest BCUT2D eigenvalue weighted by Crippen LogP contribution is 2.34. The van der Waals surface area contributed by atoms with Crippen molar-refractivity contribution in [3.05, 3.63) is 48.0 Å². The first-order chi connectivity index (χ1) is 14.8. The van der Waals surface area contributed by atoms with E-state index in [4.69, 9.17) is 4.74 Å². The Morgan fingerprint density at radius 2 is 1.61 bits per heavy atom. The first-order valence-corrected chi connectivity index (χ1v) is 11.7. The third kappa shape index (κ3) is 4.88. The van der Waals surface area contributed by atoms with Crippen molar-refractivity contribution in [2.75, 3.05) is 30.0 Å². The standard InChI is InChI=1S/C22H27N3O5S/c1-4-24(5-2)17-8-6-16(7-9-17)15-23-31(28,29)18-10-11-20(30-3)19(14-18)25-21(26)12-13-22(25)27/h6-11,14,23H,4-5,12-13,15H2,1-3H3. The van der Waals surface area contributed by atoms with Crippen LogP contribution in [0.15, 0.2) is 47.4 Å². The molecule has 1 aliphatic heterocycles. The summed E-state index contributed by atoms with van der Waals surface area (Å²) in [6.45, 7) is 6.06. The molecule has 1 aliphatic rings. The number of benzene rings is 2. The normalized spacial score (nSPS) is 14.2. The van der Waals surface area contributed by atoms with Gasteiger partial charge in [-0.3, -0.25) is 9.59 Å². The van der Waals surface area contributed by atoms with Crippen LogP contribution in [0.5, 0.6) is 5.75 Å². The molecule has 1 N–H and O–H groups in total. The summed E-state index contributed by atoms with van der Waals surface area (Å²) in [7, 11) is -2.47. The Kier molecular flexibility index (Phi) is 6.97. The molecule has 0 saturated carbocycles. The summed E-state index contributed by atoms with van der Waals surface area (Å²) in [5.74, 6) is -0.493. The predicted octanol–water partition coefficient (Wildman–Crippen LogP) is 2.67. The Morgan fingerprint density at radius 3 is 2.16 bits per heavy atom. The lowest BCUT2D eigenvalue weighted by molar-refractivity contribution is -0.121. The molecule has 8 nitrogen and oxygen atoms in total. The van der Waals surface area contributed by atoms with Gasteiger partial charge in [-0.25, -0.2) is 18.0 Å². The Balaban J connectivity index is 1.80. The van der Waals surface area contributed by atoms with E-state index in [1.165, 1.54) is 25.3 Å². The molecular formula is C22H27N3O5S. The van der Waals surface area contributed by atoms with Crippen LogP contribution >= 0.6 is 0 Å². The number of carbonyl (C=O) groups excluding carboxylic acids is 2. The molecule has 1 saturated heterocycles. The fourth-order valence-corrected chi connectivity index (χ4v) is 4.57. The summed E-state index contributed by atoms with van der Waals surface area (Å²) in [5, 5.41) is 0. The van der Waals surface area contributed by atoms with Crippen molar-refractivity contribution in [1.29, 1.82) is 0 Å². The molecule has 2 aromatic carbocycles. The number of nitrogens with one attached hydrogen (secondary N) is 1. The molecule has 166 valence electrons. The maximum atomic E-state index is 12.9. The van der Waals surface area contributed by atoms with Gasteiger partial charge < -0.3 is 9.64 Å². The lowest BCUT2D eigenvalue weighted by Gasteiger charge is -2.21. The molecule has 1 fully saturated rings. The van der Waals surface area contributed by atoms with Crippen molar-refractivity contribution in [1.82, 2.24) is 4.72 Å². The van der Waals surface area contributed by atoms with Crippen LogP contribution in [0.3, 0.4) is 0 Å². The minimum Gasteiger partial charge on any atom is -0.495 e. The molecule has 0 aromatic heterocycles. The number of nitrogens with zero attached hydrogens (tertiary/aromatic N) is 2. The molecule has 3 rings (SSSR count). The van der Waals surface area contributed by atoms with Gasteiger partial charge in [-0.1, -0.05) is 12.1 Å². The minimum absolute atomic E-state index is 0.0458. The predicted molar refractivity (Wildman–Crippen MR) is 119 cm³/mol. The van der Waals surface area contributed by atoms with Gasteiger partial charge in [-0.2, -0.15) is 0 Å². The van der Waals surface area contributed by atoms with Crippen LogP contribution < -0.4 is 19.3 Å². The summed E-state index contributed by atoms with van der Waals surface area (Å²) in [6.07, 6.45) is 0.196. The van der Waals surface area contributed by atoms with Gasteiger partial charge in [0.15, 0.2) is 0 Å². The van der Waals surface area contributed by atoms with Crippen molar-refractivity contribution in [2.45, 2.75) is 38.1 Å². The topological polar surface area (TPSA) is 96.0 Å². The van der Waals surface area contributed by atoms with Crippen LogP contribution in [-0.4, -0.2) is 40.4 Å². The number of methoxy groups -OCH3 is 1. The smallest absolute Gasteiger partial charge is 0.240 e. The number of imide groups is 1. The van der Waals surface area contributed by atoms with E-state index in [1.807, 2.05) is 24.3 Å². The van der Waals surface area contributed by atoms with Crippen molar-refractivity contribution in [2.24, 2.45) is 0 Å². The molecule has 0 bridgehead atoms. The zero-order valence-corrected chi connectivity index (χ0v) is 18.7. The maximum Gasteiger partial charge on any atom is 0.240 e. The molecule has 0 spiro atoms. The summed E-state index contributed by atoms with van der Waals surface area (Å²) in [4.78, 5) is 27.4. The Bertz CT molecular complexity index is 1050. The zero-order chi connectivity index (χ0) is 22.6. The molecule has 31 heavy (non-hydrogen) atoms. The van der Waals surface area contributed by atoms with E-state index in [-0.39, 0.29) is 47.5 Å². The van der Waals surface area contributed by atoms with Crippen LogP contribution in [0.2, 0.25) is 0 Å². The molecule has 1 heterocycles. The second kappa shape index (κ2) is 9.49. The van der Waals surface area contributed by atoms with Gasteiger partial charge in [0.1, 0.15) is 5.75 Å². The van der Waals surface area contributed by atoms with Crippen LogP contribution in [-0.2, 0) is 26.2 Å². The van der Waals surface area contributed by atoms with E-state index in [1.54, 1.807) is 0 Å². The Hall–Kier alpha value is -2.91. The average Bonchev–Trinajstić information content (AvgIpc) is 3.11. The number of anilines is 2. The number of ether oxygens (including phenoxy) is 1. The number of amides is 2. The molecule has 2 amide bonds. The van der Waals surface area contributed by atoms with Gasteiger partial charge in [-0.05, 0) is 49.7 Å². The number of hydrogen-bond donors (Lipinski definition) is 1. The molecule has 9 heteroatoms. The van der Waals surface area contributed by atoms with E-state index in [9.17, 15) is 18.0 Å². The summed E-state index contributed by atoms with van der Waals surface area (Å²) < 4.78 is 33.5. The highest BCUT2D eigenvalue weighted by molar-refractivity contribution is 7.89. The monoisotopic (exact) mass is 445 g/mol. The molecule has 0 unspecified atom stereocenters. The molecule has 0 aliphatic carbocycles. The van der Waals surface area contributed by atoms with Crippen molar-refractivity contribution >= 4 is 33.2 Å². The quantitative estimate of drug-likeness (QED) is 0.596. The highest BCUT2D eigenvalue weighted by Gasteiger charge is 2.33. The van der Waals surface area contributed by atoms with E-state index in [0.717, 1.165) is 29.2 Å². The lowest BCUT2D eigenvalue weighted by atomic mass is 10.2.